The SMILES string of the molecule is [Br-].[Br-].[CH-]=CC(C)(C)C.[Cu+].[Mg+2]. The third-order valence-corrected chi connectivity index (χ3v) is 0.500. The van der Waals surface area contributed by atoms with Crippen LogP contribution in [0.4, 0.5) is 0 Å². The molecule has 0 aliphatic rings. The van der Waals surface area contributed by atoms with Crippen LogP contribution in [-0.2, 0) is 17.1 Å². The minimum atomic E-state index is 0. The molecule has 0 aromatic carbocycles. The summed E-state index contributed by atoms with van der Waals surface area (Å²) in [6.07, 6.45) is 1.69. The molecule has 0 nitrogen and oxygen atoms in total. The summed E-state index contributed by atoms with van der Waals surface area (Å²) in [6.45, 7) is 11.4. The van der Waals surface area contributed by atoms with E-state index in [1.165, 1.54) is 0 Å². The van der Waals surface area contributed by atoms with Gasteiger partial charge in [-0.05, 0) is 0 Å². The van der Waals surface area contributed by atoms with E-state index in [4.69, 9.17) is 6.58 Å². The normalized spacial score (nSPS) is 6.70. The average molecular weight is 331 g/mol. The minimum absolute atomic E-state index is 0. The van der Waals surface area contributed by atoms with E-state index in [1.807, 2.05) is 0 Å². The molecule has 0 fully saturated rings. The van der Waals surface area contributed by atoms with Crippen LogP contribution in [0, 0.1) is 12.0 Å². The number of halogens is 2. The second-order valence-electron chi connectivity index (χ2n) is 2.53. The van der Waals surface area contributed by atoms with Crippen molar-refractivity contribution in [3.63, 3.8) is 0 Å². The van der Waals surface area contributed by atoms with Gasteiger partial charge in [-0.15, -0.1) is 0 Å². The van der Waals surface area contributed by atoms with Crippen LogP contribution in [0.3, 0.4) is 0 Å². The van der Waals surface area contributed by atoms with Gasteiger partial charge in [-0.3, -0.25) is 6.08 Å². The largest absolute Gasteiger partial charge is 2.00 e. The van der Waals surface area contributed by atoms with E-state index in [9.17, 15) is 0 Å². The van der Waals surface area contributed by atoms with Gasteiger partial charge in [-0.1, -0.05) is 26.2 Å². The molecule has 0 bridgehead atoms. The zero-order valence-corrected chi connectivity index (χ0v) is 11.9. The molecule has 0 rings (SSSR count). The second-order valence-corrected chi connectivity index (χ2v) is 2.53. The summed E-state index contributed by atoms with van der Waals surface area (Å²) in [4.78, 5) is 0. The zero-order valence-electron chi connectivity index (χ0n) is 6.42. The van der Waals surface area contributed by atoms with Gasteiger partial charge in [0.25, 0.3) is 0 Å². The van der Waals surface area contributed by atoms with E-state index in [0.29, 0.717) is 0 Å². The molecule has 0 saturated carbocycles. The summed E-state index contributed by atoms with van der Waals surface area (Å²) in [6, 6.07) is 0. The summed E-state index contributed by atoms with van der Waals surface area (Å²) >= 11 is 0. The zero-order chi connectivity index (χ0) is 5.21. The van der Waals surface area contributed by atoms with E-state index < -0.39 is 0 Å². The first-order chi connectivity index (χ1) is 2.56. The third-order valence-electron chi connectivity index (χ3n) is 0.500. The molecule has 0 aromatic rings. The van der Waals surface area contributed by atoms with Gasteiger partial charge in [0.1, 0.15) is 0 Å². The Morgan fingerprint density at radius 1 is 1.10 bits per heavy atom. The van der Waals surface area contributed by atoms with Gasteiger partial charge in [0, 0.05) is 0 Å². The van der Waals surface area contributed by atoms with Crippen LogP contribution in [0.5, 0.6) is 0 Å². The Hall–Kier alpha value is 1.99. The van der Waals surface area contributed by atoms with Crippen LogP contribution in [0.2, 0.25) is 0 Å². The molecule has 0 saturated heterocycles. The van der Waals surface area contributed by atoms with Gasteiger partial charge < -0.3 is 40.5 Å². The summed E-state index contributed by atoms with van der Waals surface area (Å²) in [5.41, 5.74) is 0.194. The van der Waals surface area contributed by atoms with Crippen molar-refractivity contribution in [2.45, 2.75) is 20.8 Å². The van der Waals surface area contributed by atoms with Crippen LogP contribution in [0.15, 0.2) is 6.08 Å². The van der Waals surface area contributed by atoms with Gasteiger partial charge >= 0.3 is 40.1 Å². The number of rotatable bonds is 0. The summed E-state index contributed by atoms with van der Waals surface area (Å²) < 4.78 is 0. The smallest absolute Gasteiger partial charge is 1.00 e. The van der Waals surface area contributed by atoms with E-state index >= 15 is 0 Å². The fourth-order valence-electron chi connectivity index (χ4n) is 0. The molecule has 0 aliphatic carbocycles. The summed E-state index contributed by atoms with van der Waals surface area (Å²) in [5.74, 6) is 0. The van der Waals surface area contributed by atoms with Gasteiger partial charge in [0.2, 0.25) is 0 Å². The topological polar surface area (TPSA) is 0 Å². The van der Waals surface area contributed by atoms with Crippen molar-refractivity contribution >= 4 is 23.1 Å². The maximum atomic E-state index is 5.18. The molecule has 0 atom stereocenters. The first-order valence-corrected chi connectivity index (χ1v) is 2.12. The summed E-state index contributed by atoms with van der Waals surface area (Å²) in [5, 5.41) is 0. The molecule has 62 valence electrons. The van der Waals surface area contributed by atoms with Crippen molar-refractivity contribution in [2.24, 2.45) is 5.41 Å². The molecule has 0 amide bonds. The first-order valence-electron chi connectivity index (χ1n) is 2.12. The molecule has 0 aromatic heterocycles. The van der Waals surface area contributed by atoms with Crippen molar-refractivity contribution in [1.29, 1.82) is 0 Å². The molecule has 0 aliphatic heterocycles. The van der Waals surface area contributed by atoms with Crippen molar-refractivity contribution in [3.05, 3.63) is 12.7 Å². The van der Waals surface area contributed by atoms with E-state index in [0.717, 1.165) is 0 Å². The average Bonchev–Trinajstić information content (AvgIpc) is 1.35. The maximum absolute atomic E-state index is 5.18. The van der Waals surface area contributed by atoms with Crippen LogP contribution in [0.25, 0.3) is 0 Å². The minimum Gasteiger partial charge on any atom is -1.00 e. The Balaban J connectivity index is -0.0000000208. The summed E-state index contributed by atoms with van der Waals surface area (Å²) in [7, 11) is 0. The molecule has 0 radical (unpaired) electrons. The van der Waals surface area contributed by atoms with Gasteiger partial charge in [-0.2, -0.15) is 0 Å². The molecule has 0 spiro atoms. The van der Waals surface area contributed by atoms with Crippen LogP contribution in [-0.4, -0.2) is 23.1 Å². The fraction of sp³-hybridized carbons (Fsp3) is 0.667. The Kier molecular flexibility index (Phi) is 40.2. The van der Waals surface area contributed by atoms with Crippen LogP contribution in [0.1, 0.15) is 20.8 Å². The molecule has 0 unspecified atom stereocenters. The van der Waals surface area contributed by atoms with Crippen molar-refractivity contribution < 1.29 is 51.0 Å². The van der Waals surface area contributed by atoms with Crippen molar-refractivity contribution in [3.8, 4) is 0 Å². The molecule has 10 heavy (non-hydrogen) atoms. The standard InChI is InChI=1S/C6H11.2BrH.Cu.Mg/c1-5-6(2,3)4;;;;/h1,5H,2-4H3;2*1H;;/q-1;;;+1;+2/p-2. The van der Waals surface area contributed by atoms with Crippen LogP contribution < -0.4 is 34.0 Å². The Bertz CT molecular complexity index is 61.3. The number of hydrogen-bond donors (Lipinski definition) is 0. The Morgan fingerprint density at radius 2 is 1.20 bits per heavy atom. The van der Waals surface area contributed by atoms with Gasteiger partial charge in [0.05, 0.1) is 0 Å². The van der Waals surface area contributed by atoms with E-state index in [1.54, 1.807) is 6.08 Å². The molecular weight excluding hydrogens is 320 g/mol. The monoisotopic (exact) mass is 328 g/mol. The molecule has 0 N–H and O–H groups in total. The Morgan fingerprint density at radius 3 is 1.20 bits per heavy atom. The molecule has 0 heterocycles. The molecular formula is C6H11Br2CuMg. The fourth-order valence-corrected chi connectivity index (χ4v) is 0. The number of hydrogen-bond acceptors (Lipinski definition) is 0. The predicted molar refractivity (Wildman–Crippen MR) is 34.1 cm³/mol. The quantitative estimate of drug-likeness (QED) is 0.311. The van der Waals surface area contributed by atoms with Gasteiger partial charge in [-0.25, -0.2) is 0 Å². The van der Waals surface area contributed by atoms with E-state index in [2.05, 4.69) is 20.8 Å². The van der Waals surface area contributed by atoms with Gasteiger partial charge in [0.15, 0.2) is 0 Å². The van der Waals surface area contributed by atoms with Crippen molar-refractivity contribution in [2.75, 3.05) is 0 Å². The second kappa shape index (κ2) is 13.6. The number of allylic oxidation sites excluding steroid dienone is 1. The van der Waals surface area contributed by atoms with E-state index in [-0.39, 0.29) is 79.5 Å². The third kappa shape index (κ3) is 32.4. The Labute approximate surface area is 112 Å². The van der Waals surface area contributed by atoms with Crippen LogP contribution >= 0.6 is 0 Å². The first kappa shape index (κ1) is 29.6. The predicted octanol–water partition coefficient (Wildman–Crippen LogP) is -4.35. The molecule has 4 heteroatoms. The maximum Gasteiger partial charge on any atom is 2.00 e. The van der Waals surface area contributed by atoms with Crippen molar-refractivity contribution in [1.82, 2.24) is 0 Å².